The number of nitrogens with one attached hydrogen (secondary N) is 1. The lowest BCUT2D eigenvalue weighted by molar-refractivity contribution is 0.0788. The van der Waals surface area contributed by atoms with E-state index in [1.807, 2.05) is 11.3 Å². The van der Waals surface area contributed by atoms with Gasteiger partial charge in [-0.25, -0.2) is 0 Å². The third-order valence-corrected chi connectivity index (χ3v) is 6.16. The standard InChI is InChI=1S/C16H26N2S/c1-10-7-16(12(3)19-10)11(2)18-14-5-6-15(18)9-13(8-14)17-4/h7,11,13-15,17H,5-6,8-9H2,1-4H3. The van der Waals surface area contributed by atoms with Crippen molar-refractivity contribution < 1.29 is 0 Å². The topological polar surface area (TPSA) is 15.3 Å². The minimum absolute atomic E-state index is 0.597. The Morgan fingerprint density at radius 3 is 2.37 bits per heavy atom. The molecule has 3 heteroatoms. The van der Waals surface area contributed by atoms with Gasteiger partial charge in [-0.15, -0.1) is 11.3 Å². The maximum absolute atomic E-state index is 3.49. The van der Waals surface area contributed by atoms with Crippen molar-refractivity contribution in [2.24, 2.45) is 0 Å². The second kappa shape index (κ2) is 5.19. The van der Waals surface area contributed by atoms with Gasteiger partial charge in [0.15, 0.2) is 0 Å². The van der Waals surface area contributed by atoms with E-state index in [-0.39, 0.29) is 0 Å². The summed E-state index contributed by atoms with van der Waals surface area (Å²) >= 11 is 1.95. The first kappa shape index (κ1) is 13.6. The average Bonchev–Trinajstić information content (AvgIpc) is 2.85. The lowest BCUT2D eigenvalue weighted by Gasteiger charge is -2.42. The zero-order valence-corrected chi connectivity index (χ0v) is 13.4. The fraction of sp³-hybridized carbons (Fsp3) is 0.750. The van der Waals surface area contributed by atoms with E-state index in [2.05, 4.69) is 44.1 Å². The van der Waals surface area contributed by atoms with E-state index >= 15 is 0 Å². The summed E-state index contributed by atoms with van der Waals surface area (Å²) in [5, 5.41) is 3.49. The molecule has 0 aliphatic carbocycles. The molecule has 0 saturated carbocycles. The zero-order chi connectivity index (χ0) is 13.6. The van der Waals surface area contributed by atoms with Gasteiger partial charge >= 0.3 is 0 Å². The van der Waals surface area contributed by atoms with Crippen molar-refractivity contribution >= 4 is 11.3 Å². The lowest BCUT2D eigenvalue weighted by atomic mass is 9.94. The highest BCUT2D eigenvalue weighted by Gasteiger charge is 2.42. The van der Waals surface area contributed by atoms with Crippen molar-refractivity contribution in [3.05, 3.63) is 21.4 Å². The van der Waals surface area contributed by atoms with Crippen molar-refractivity contribution in [1.82, 2.24) is 10.2 Å². The monoisotopic (exact) mass is 278 g/mol. The van der Waals surface area contributed by atoms with E-state index < -0.39 is 0 Å². The van der Waals surface area contributed by atoms with Crippen molar-refractivity contribution in [3.8, 4) is 0 Å². The maximum atomic E-state index is 3.49. The van der Waals surface area contributed by atoms with Crippen LogP contribution in [0.3, 0.4) is 0 Å². The van der Waals surface area contributed by atoms with Gasteiger partial charge in [0.2, 0.25) is 0 Å². The van der Waals surface area contributed by atoms with E-state index in [1.165, 1.54) is 35.4 Å². The van der Waals surface area contributed by atoms with Gasteiger partial charge in [-0.2, -0.15) is 0 Å². The largest absolute Gasteiger partial charge is 0.317 e. The van der Waals surface area contributed by atoms with Gasteiger partial charge in [-0.05, 0) is 65.1 Å². The van der Waals surface area contributed by atoms with Gasteiger partial charge in [0.1, 0.15) is 0 Å². The first-order valence-electron chi connectivity index (χ1n) is 7.61. The van der Waals surface area contributed by atoms with E-state index in [9.17, 15) is 0 Å². The number of piperidine rings is 1. The number of thiophene rings is 1. The molecule has 0 aromatic carbocycles. The highest BCUT2D eigenvalue weighted by molar-refractivity contribution is 7.12. The summed E-state index contributed by atoms with van der Waals surface area (Å²) in [6.45, 7) is 6.93. The molecule has 19 heavy (non-hydrogen) atoms. The molecule has 2 nitrogen and oxygen atoms in total. The molecule has 2 bridgehead atoms. The quantitative estimate of drug-likeness (QED) is 0.908. The second-order valence-corrected chi connectivity index (χ2v) is 7.79. The van der Waals surface area contributed by atoms with Crippen LogP contribution >= 0.6 is 11.3 Å². The van der Waals surface area contributed by atoms with E-state index in [4.69, 9.17) is 0 Å². The van der Waals surface area contributed by atoms with E-state index in [0.29, 0.717) is 6.04 Å². The highest BCUT2D eigenvalue weighted by atomic mass is 32.1. The van der Waals surface area contributed by atoms with Crippen LogP contribution in [0.25, 0.3) is 0 Å². The summed E-state index contributed by atoms with van der Waals surface area (Å²) in [6, 6.07) is 5.34. The van der Waals surface area contributed by atoms with Crippen LogP contribution in [0.2, 0.25) is 0 Å². The normalized spacial score (nSPS) is 32.7. The SMILES string of the molecule is CNC1CC2CCC(C1)N2C(C)c1cc(C)sc1C. The smallest absolute Gasteiger partial charge is 0.0336 e. The zero-order valence-electron chi connectivity index (χ0n) is 12.6. The molecule has 1 N–H and O–H groups in total. The van der Waals surface area contributed by atoms with Crippen molar-refractivity contribution in [2.75, 3.05) is 7.05 Å². The molecule has 1 aromatic rings. The Bertz CT molecular complexity index is 440. The summed E-state index contributed by atoms with van der Waals surface area (Å²) < 4.78 is 0. The van der Waals surface area contributed by atoms with Gasteiger partial charge in [0.05, 0.1) is 0 Å². The lowest BCUT2D eigenvalue weighted by Crippen LogP contribution is -2.49. The summed E-state index contributed by atoms with van der Waals surface area (Å²) in [4.78, 5) is 5.79. The minimum Gasteiger partial charge on any atom is -0.317 e. The van der Waals surface area contributed by atoms with Crippen LogP contribution in [0.4, 0.5) is 0 Å². The second-order valence-electron chi connectivity index (χ2n) is 6.33. The number of rotatable bonds is 3. The molecule has 106 valence electrons. The summed E-state index contributed by atoms with van der Waals surface area (Å²) in [5.41, 5.74) is 1.57. The van der Waals surface area contributed by atoms with Crippen molar-refractivity contribution in [3.63, 3.8) is 0 Å². The van der Waals surface area contributed by atoms with Crippen LogP contribution in [0.5, 0.6) is 0 Å². The van der Waals surface area contributed by atoms with E-state index in [1.54, 1.807) is 5.56 Å². The Balaban J connectivity index is 1.81. The summed E-state index contributed by atoms with van der Waals surface area (Å²) in [7, 11) is 2.12. The molecule has 3 heterocycles. The van der Waals surface area contributed by atoms with Crippen LogP contribution in [-0.4, -0.2) is 30.1 Å². The molecule has 2 fully saturated rings. The van der Waals surface area contributed by atoms with Crippen LogP contribution in [0, 0.1) is 13.8 Å². The highest BCUT2D eigenvalue weighted by Crippen LogP contribution is 2.42. The maximum Gasteiger partial charge on any atom is 0.0336 e. The molecule has 3 rings (SSSR count). The first-order valence-corrected chi connectivity index (χ1v) is 8.43. The molecule has 2 saturated heterocycles. The summed E-state index contributed by atoms with van der Waals surface area (Å²) in [6.07, 6.45) is 5.46. The minimum atomic E-state index is 0.597. The molecule has 0 spiro atoms. The number of nitrogens with zero attached hydrogens (tertiary/aromatic N) is 1. The molecule has 0 amide bonds. The molecule has 0 radical (unpaired) electrons. The number of fused-ring (bicyclic) bond motifs is 2. The Morgan fingerprint density at radius 2 is 1.89 bits per heavy atom. The van der Waals surface area contributed by atoms with Gasteiger partial charge in [-0.1, -0.05) is 0 Å². The summed E-state index contributed by atoms with van der Waals surface area (Å²) in [5.74, 6) is 0. The van der Waals surface area contributed by atoms with Crippen molar-refractivity contribution in [1.29, 1.82) is 0 Å². The van der Waals surface area contributed by atoms with Gasteiger partial charge in [0, 0.05) is 33.9 Å². The molecule has 2 aliphatic rings. The van der Waals surface area contributed by atoms with Crippen LogP contribution in [-0.2, 0) is 0 Å². The molecule has 3 unspecified atom stereocenters. The molecule has 1 aromatic heterocycles. The predicted octanol–water partition coefficient (Wildman–Crippen LogP) is 3.64. The molecule has 2 aliphatic heterocycles. The number of aryl methyl sites for hydroxylation is 2. The predicted molar refractivity (Wildman–Crippen MR) is 82.9 cm³/mol. The molecular formula is C16H26N2S. The van der Waals surface area contributed by atoms with Gasteiger partial charge in [-0.3, -0.25) is 4.90 Å². The Morgan fingerprint density at radius 1 is 1.26 bits per heavy atom. The fourth-order valence-corrected chi connectivity index (χ4v) is 5.32. The Labute approximate surface area is 121 Å². The van der Waals surface area contributed by atoms with Gasteiger partial charge < -0.3 is 5.32 Å². The number of hydrogen-bond donors (Lipinski definition) is 1. The van der Waals surface area contributed by atoms with Gasteiger partial charge in [0.25, 0.3) is 0 Å². The Kier molecular flexibility index (Phi) is 3.71. The third-order valence-electron chi connectivity index (χ3n) is 5.17. The van der Waals surface area contributed by atoms with Crippen molar-refractivity contribution in [2.45, 2.75) is 70.6 Å². The van der Waals surface area contributed by atoms with Crippen LogP contribution < -0.4 is 5.32 Å². The molecule has 3 atom stereocenters. The van der Waals surface area contributed by atoms with Crippen LogP contribution in [0.1, 0.15) is 54.0 Å². The third kappa shape index (κ3) is 2.37. The number of hydrogen-bond acceptors (Lipinski definition) is 3. The Hall–Kier alpha value is -0.380. The first-order chi connectivity index (χ1) is 9.10. The van der Waals surface area contributed by atoms with Crippen LogP contribution in [0.15, 0.2) is 6.07 Å². The van der Waals surface area contributed by atoms with E-state index in [0.717, 1.165) is 18.1 Å². The fourth-order valence-electron chi connectivity index (χ4n) is 4.31. The molecular weight excluding hydrogens is 252 g/mol. The average molecular weight is 278 g/mol.